The summed E-state index contributed by atoms with van der Waals surface area (Å²) >= 11 is 6.43. The van der Waals surface area contributed by atoms with E-state index in [1.54, 1.807) is 0 Å². The molecule has 0 N–H and O–H groups in total. The summed E-state index contributed by atoms with van der Waals surface area (Å²) in [6.07, 6.45) is 5.75. The van der Waals surface area contributed by atoms with Crippen LogP contribution in [0.5, 0.6) is 0 Å². The van der Waals surface area contributed by atoms with Gasteiger partial charge in [0.1, 0.15) is 0 Å². The number of hydrogen-bond acceptors (Lipinski definition) is 2. The molecule has 0 fully saturated rings. The molecule has 0 bridgehead atoms. The van der Waals surface area contributed by atoms with E-state index in [1.165, 1.54) is 5.56 Å². The van der Waals surface area contributed by atoms with Gasteiger partial charge in [-0.2, -0.15) is 0 Å². The molecule has 2 aromatic heterocycles. The zero-order valence-electron chi connectivity index (χ0n) is 13.0. The second-order valence-corrected chi connectivity index (χ2v) is 6.20. The first-order valence-corrected chi connectivity index (χ1v) is 7.85. The van der Waals surface area contributed by atoms with Gasteiger partial charge in [-0.15, -0.1) is 0 Å². The highest BCUT2D eigenvalue weighted by Crippen LogP contribution is 2.24. The number of benzene rings is 1. The first kappa shape index (κ1) is 15.1. The summed E-state index contributed by atoms with van der Waals surface area (Å²) in [5.74, 6) is 0. The van der Waals surface area contributed by atoms with Crippen LogP contribution in [0.3, 0.4) is 0 Å². The average molecular weight is 314 g/mol. The van der Waals surface area contributed by atoms with Gasteiger partial charge in [-0.05, 0) is 38.6 Å². The largest absolute Gasteiger partial charge is 0.315 e. The van der Waals surface area contributed by atoms with Gasteiger partial charge < -0.3 is 9.30 Å². The highest BCUT2D eigenvalue weighted by atomic mass is 35.5. The van der Waals surface area contributed by atoms with Crippen molar-refractivity contribution >= 4 is 17.1 Å². The maximum Gasteiger partial charge on any atom is 0.0685 e. The van der Waals surface area contributed by atoms with Crippen molar-refractivity contribution in [1.29, 1.82) is 0 Å². The first-order valence-electron chi connectivity index (χ1n) is 7.47. The third kappa shape index (κ3) is 3.16. The van der Waals surface area contributed by atoms with Gasteiger partial charge in [0.15, 0.2) is 0 Å². The summed E-state index contributed by atoms with van der Waals surface area (Å²) in [4.78, 5) is 6.69. The predicted octanol–water partition coefficient (Wildman–Crippen LogP) is 3.83. The summed E-state index contributed by atoms with van der Waals surface area (Å²) in [6, 6.07) is 12.5. The van der Waals surface area contributed by atoms with Crippen LogP contribution in [0.2, 0.25) is 5.02 Å². The number of aryl methyl sites for hydroxylation is 2. The molecule has 0 radical (unpaired) electrons. The molecular formula is C18H20ClN3. The number of fused-ring (bicyclic) bond motifs is 1. The molecule has 0 spiro atoms. The lowest BCUT2D eigenvalue weighted by molar-refractivity contribution is 0.395. The van der Waals surface area contributed by atoms with Crippen LogP contribution in [0.4, 0.5) is 0 Å². The Labute approximate surface area is 136 Å². The lowest BCUT2D eigenvalue weighted by atomic mass is 10.1. The SMILES string of the molecule is CN(C)Cc1c(Cl)cc2c(CCc3ccccc3)nccn12. The van der Waals surface area contributed by atoms with Gasteiger partial charge in [-0.25, -0.2) is 0 Å². The van der Waals surface area contributed by atoms with E-state index in [0.717, 1.165) is 41.3 Å². The molecule has 2 heterocycles. The van der Waals surface area contributed by atoms with E-state index in [0.29, 0.717) is 0 Å². The van der Waals surface area contributed by atoms with Crippen LogP contribution in [0.25, 0.3) is 5.52 Å². The summed E-state index contributed by atoms with van der Waals surface area (Å²) in [5.41, 5.74) is 4.65. The van der Waals surface area contributed by atoms with Crippen LogP contribution in [-0.4, -0.2) is 28.4 Å². The van der Waals surface area contributed by atoms with Crippen molar-refractivity contribution in [2.24, 2.45) is 0 Å². The fourth-order valence-electron chi connectivity index (χ4n) is 2.73. The third-order valence-corrected chi connectivity index (χ3v) is 4.12. The molecule has 0 amide bonds. The molecule has 3 aromatic rings. The van der Waals surface area contributed by atoms with Gasteiger partial charge in [0.2, 0.25) is 0 Å². The van der Waals surface area contributed by atoms with E-state index in [1.807, 2.05) is 38.6 Å². The molecule has 22 heavy (non-hydrogen) atoms. The topological polar surface area (TPSA) is 20.5 Å². The fourth-order valence-corrected chi connectivity index (χ4v) is 2.99. The minimum absolute atomic E-state index is 0.808. The Morgan fingerprint density at radius 2 is 1.91 bits per heavy atom. The highest BCUT2D eigenvalue weighted by molar-refractivity contribution is 6.31. The average Bonchev–Trinajstić information content (AvgIpc) is 2.82. The van der Waals surface area contributed by atoms with E-state index in [4.69, 9.17) is 11.6 Å². The minimum atomic E-state index is 0.808. The van der Waals surface area contributed by atoms with Gasteiger partial charge in [-0.1, -0.05) is 41.9 Å². The molecule has 0 aliphatic carbocycles. The number of rotatable bonds is 5. The van der Waals surface area contributed by atoms with Gasteiger partial charge >= 0.3 is 0 Å². The molecule has 3 nitrogen and oxygen atoms in total. The van der Waals surface area contributed by atoms with Crippen LogP contribution in [0, 0.1) is 0 Å². The molecule has 3 rings (SSSR count). The Hall–Kier alpha value is -1.84. The van der Waals surface area contributed by atoms with Crippen molar-refractivity contribution in [2.75, 3.05) is 14.1 Å². The Balaban J connectivity index is 1.90. The van der Waals surface area contributed by atoms with E-state index >= 15 is 0 Å². The fraction of sp³-hybridized carbons (Fsp3) is 0.278. The second-order valence-electron chi connectivity index (χ2n) is 5.79. The summed E-state index contributed by atoms with van der Waals surface area (Å²) < 4.78 is 2.16. The Morgan fingerprint density at radius 3 is 2.64 bits per heavy atom. The van der Waals surface area contributed by atoms with Crippen LogP contribution in [0.15, 0.2) is 48.8 Å². The van der Waals surface area contributed by atoms with E-state index in [9.17, 15) is 0 Å². The van der Waals surface area contributed by atoms with E-state index in [2.05, 4.69) is 38.6 Å². The summed E-state index contributed by atoms with van der Waals surface area (Å²) in [5, 5.41) is 0.808. The zero-order chi connectivity index (χ0) is 15.5. The molecule has 0 saturated carbocycles. The Morgan fingerprint density at radius 1 is 1.14 bits per heavy atom. The minimum Gasteiger partial charge on any atom is -0.315 e. The second kappa shape index (κ2) is 6.51. The maximum atomic E-state index is 6.43. The predicted molar refractivity (Wildman–Crippen MR) is 91.4 cm³/mol. The van der Waals surface area contributed by atoms with Crippen LogP contribution in [-0.2, 0) is 19.4 Å². The van der Waals surface area contributed by atoms with E-state index in [-0.39, 0.29) is 0 Å². The molecule has 0 unspecified atom stereocenters. The van der Waals surface area contributed by atoms with Crippen LogP contribution < -0.4 is 0 Å². The number of halogens is 1. The number of hydrogen-bond donors (Lipinski definition) is 0. The standard InChI is InChI=1S/C18H20ClN3/c1-21(2)13-18-15(19)12-17-16(20-10-11-22(17)18)9-8-14-6-4-3-5-7-14/h3-7,10-12H,8-9,13H2,1-2H3. The van der Waals surface area contributed by atoms with Crippen molar-refractivity contribution in [3.8, 4) is 0 Å². The molecule has 4 heteroatoms. The molecule has 0 atom stereocenters. The molecule has 0 aliphatic rings. The lowest BCUT2D eigenvalue weighted by Crippen LogP contribution is -2.13. The third-order valence-electron chi connectivity index (χ3n) is 3.79. The number of aromatic nitrogens is 2. The van der Waals surface area contributed by atoms with Gasteiger partial charge in [0.25, 0.3) is 0 Å². The summed E-state index contributed by atoms with van der Waals surface area (Å²) in [7, 11) is 4.10. The van der Waals surface area contributed by atoms with Crippen molar-refractivity contribution in [1.82, 2.24) is 14.3 Å². The Bertz CT molecular complexity index is 763. The lowest BCUT2D eigenvalue weighted by Gasteiger charge is -2.11. The van der Waals surface area contributed by atoms with Gasteiger partial charge in [0, 0.05) is 18.9 Å². The molecular weight excluding hydrogens is 294 g/mol. The molecule has 0 aliphatic heterocycles. The summed E-state index contributed by atoms with van der Waals surface area (Å²) in [6.45, 7) is 0.815. The quantitative estimate of drug-likeness (QED) is 0.713. The smallest absolute Gasteiger partial charge is 0.0685 e. The van der Waals surface area contributed by atoms with Crippen molar-refractivity contribution in [3.05, 3.63) is 70.8 Å². The van der Waals surface area contributed by atoms with Crippen molar-refractivity contribution < 1.29 is 0 Å². The highest BCUT2D eigenvalue weighted by Gasteiger charge is 2.12. The van der Waals surface area contributed by atoms with Gasteiger partial charge in [-0.3, -0.25) is 4.98 Å². The number of nitrogens with zero attached hydrogens (tertiary/aromatic N) is 3. The van der Waals surface area contributed by atoms with Crippen LogP contribution >= 0.6 is 11.6 Å². The Kier molecular flexibility index (Phi) is 4.46. The molecule has 0 saturated heterocycles. The van der Waals surface area contributed by atoms with Crippen molar-refractivity contribution in [2.45, 2.75) is 19.4 Å². The molecule has 114 valence electrons. The van der Waals surface area contributed by atoms with Crippen LogP contribution in [0.1, 0.15) is 17.0 Å². The maximum absolute atomic E-state index is 6.43. The monoisotopic (exact) mass is 313 g/mol. The first-order chi connectivity index (χ1) is 10.6. The van der Waals surface area contributed by atoms with Gasteiger partial charge in [0.05, 0.1) is 21.9 Å². The normalized spacial score (nSPS) is 11.5. The zero-order valence-corrected chi connectivity index (χ0v) is 13.7. The van der Waals surface area contributed by atoms with Crippen molar-refractivity contribution in [3.63, 3.8) is 0 Å². The molecule has 1 aromatic carbocycles. The van der Waals surface area contributed by atoms with E-state index < -0.39 is 0 Å².